The van der Waals surface area contributed by atoms with Crippen molar-refractivity contribution >= 4 is 11.5 Å². The molecule has 0 radical (unpaired) electrons. The molecule has 0 saturated heterocycles. The van der Waals surface area contributed by atoms with Gasteiger partial charge < -0.3 is 4.74 Å². The van der Waals surface area contributed by atoms with E-state index in [-0.39, 0.29) is 5.97 Å². The smallest absolute Gasteiger partial charge is 0.305 e. The van der Waals surface area contributed by atoms with Crippen molar-refractivity contribution in [2.45, 2.75) is 19.3 Å². The van der Waals surface area contributed by atoms with Crippen LogP contribution in [0, 0.1) is 12.3 Å². The number of terminal acetylenes is 1. The van der Waals surface area contributed by atoms with Crippen LogP contribution in [0.4, 0.5) is 0 Å². The Morgan fingerprint density at radius 3 is 2.74 bits per heavy atom. The summed E-state index contributed by atoms with van der Waals surface area (Å²) in [7, 11) is 1.40. The van der Waals surface area contributed by atoms with Crippen LogP contribution in [0.15, 0.2) is 48.6 Å². The monoisotopic (exact) mass is 254 g/mol. The summed E-state index contributed by atoms with van der Waals surface area (Å²) < 4.78 is 4.58. The lowest BCUT2D eigenvalue weighted by Gasteiger charge is -2.01. The molecular weight excluding hydrogens is 236 g/mol. The summed E-state index contributed by atoms with van der Waals surface area (Å²) in [5.74, 6) is 2.38. The third-order valence-electron chi connectivity index (χ3n) is 2.62. The topological polar surface area (TPSA) is 26.3 Å². The molecule has 0 N–H and O–H groups in total. The van der Waals surface area contributed by atoms with Gasteiger partial charge in [-0.1, -0.05) is 48.4 Å². The average molecular weight is 254 g/mol. The number of allylic oxidation sites excluding steroid dienone is 4. The summed E-state index contributed by atoms with van der Waals surface area (Å²) in [6, 6.07) is 9.95. The molecule has 0 amide bonds. The molecular formula is C17H18O2. The minimum Gasteiger partial charge on any atom is -0.469 e. The number of carbonyl (C=O) groups is 1. The fourth-order valence-electron chi connectivity index (χ4n) is 1.62. The first-order valence-electron chi connectivity index (χ1n) is 6.23. The number of hydrogen-bond acceptors (Lipinski definition) is 2. The average Bonchev–Trinajstić information content (AvgIpc) is 2.46. The molecule has 0 aliphatic rings. The van der Waals surface area contributed by atoms with E-state index in [1.165, 1.54) is 7.11 Å². The van der Waals surface area contributed by atoms with Crippen LogP contribution in [0.2, 0.25) is 0 Å². The summed E-state index contributed by atoms with van der Waals surface area (Å²) in [5, 5.41) is 0. The number of methoxy groups -OCH3 is 1. The lowest BCUT2D eigenvalue weighted by atomic mass is 10.0. The zero-order chi connectivity index (χ0) is 13.9. The number of ether oxygens (including phenoxy) is 1. The maximum atomic E-state index is 10.9. The van der Waals surface area contributed by atoms with Crippen LogP contribution in [0.3, 0.4) is 0 Å². The maximum absolute atomic E-state index is 10.9. The third-order valence-corrected chi connectivity index (χ3v) is 2.62. The number of unbranched alkanes of at least 4 members (excludes halogenated alkanes) is 1. The first-order valence-corrected chi connectivity index (χ1v) is 6.23. The van der Waals surface area contributed by atoms with Crippen LogP contribution in [-0.4, -0.2) is 13.1 Å². The van der Waals surface area contributed by atoms with Crippen LogP contribution >= 0.6 is 0 Å². The second-order valence-electron chi connectivity index (χ2n) is 4.00. The van der Waals surface area contributed by atoms with Crippen LogP contribution in [-0.2, 0) is 9.53 Å². The van der Waals surface area contributed by atoms with Crippen molar-refractivity contribution in [2.24, 2.45) is 0 Å². The van der Waals surface area contributed by atoms with E-state index in [1.54, 1.807) is 6.08 Å². The molecule has 0 aromatic heterocycles. The van der Waals surface area contributed by atoms with Crippen molar-refractivity contribution < 1.29 is 9.53 Å². The van der Waals surface area contributed by atoms with E-state index in [9.17, 15) is 4.79 Å². The summed E-state index contributed by atoms with van der Waals surface area (Å²) >= 11 is 0. The second kappa shape index (κ2) is 8.77. The van der Waals surface area contributed by atoms with Gasteiger partial charge in [0.05, 0.1) is 7.11 Å². The summed E-state index contributed by atoms with van der Waals surface area (Å²) in [5.41, 5.74) is 2.09. The SMILES string of the molecule is C#C/C=C(\C=C/CCCC(=O)OC)c1ccccc1. The summed E-state index contributed by atoms with van der Waals surface area (Å²) in [4.78, 5) is 10.9. The van der Waals surface area contributed by atoms with Crippen molar-refractivity contribution in [3.05, 3.63) is 54.1 Å². The third kappa shape index (κ3) is 5.74. The van der Waals surface area contributed by atoms with Gasteiger partial charge in [0.1, 0.15) is 0 Å². The predicted molar refractivity (Wildman–Crippen MR) is 78.3 cm³/mol. The van der Waals surface area contributed by atoms with Crippen LogP contribution < -0.4 is 0 Å². The van der Waals surface area contributed by atoms with Crippen molar-refractivity contribution in [3.63, 3.8) is 0 Å². The van der Waals surface area contributed by atoms with E-state index >= 15 is 0 Å². The molecule has 0 aliphatic carbocycles. The molecule has 19 heavy (non-hydrogen) atoms. The predicted octanol–water partition coefficient (Wildman–Crippen LogP) is 3.60. The Kier molecular flexibility index (Phi) is 6.82. The number of benzene rings is 1. The van der Waals surface area contributed by atoms with E-state index in [4.69, 9.17) is 6.42 Å². The highest BCUT2D eigenvalue weighted by molar-refractivity contribution is 5.75. The molecule has 0 unspecified atom stereocenters. The Morgan fingerprint density at radius 2 is 2.11 bits per heavy atom. The molecule has 0 aliphatic heterocycles. The highest BCUT2D eigenvalue weighted by atomic mass is 16.5. The van der Waals surface area contributed by atoms with Gasteiger partial charge >= 0.3 is 5.97 Å². The highest BCUT2D eigenvalue weighted by Gasteiger charge is 1.98. The molecule has 0 atom stereocenters. The van der Waals surface area contributed by atoms with Gasteiger partial charge in [0.2, 0.25) is 0 Å². The van der Waals surface area contributed by atoms with Crippen molar-refractivity contribution in [1.29, 1.82) is 0 Å². The minimum absolute atomic E-state index is 0.171. The lowest BCUT2D eigenvalue weighted by Crippen LogP contribution is -1.98. The van der Waals surface area contributed by atoms with Gasteiger partial charge in [-0.2, -0.15) is 0 Å². The molecule has 98 valence electrons. The molecule has 2 nitrogen and oxygen atoms in total. The van der Waals surface area contributed by atoms with Gasteiger partial charge in [-0.3, -0.25) is 4.79 Å². The lowest BCUT2D eigenvalue weighted by molar-refractivity contribution is -0.140. The summed E-state index contributed by atoms with van der Waals surface area (Å²) in [6.07, 6.45) is 13.1. The molecule has 0 spiro atoms. The highest BCUT2D eigenvalue weighted by Crippen LogP contribution is 2.15. The second-order valence-corrected chi connectivity index (χ2v) is 4.00. The van der Waals surface area contributed by atoms with Gasteiger partial charge in [-0.25, -0.2) is 0 Å². The normalized spacial score (nSPS) is 11.3. The van der Waals surface area contributed by atoms with E-state index in [0.717, 1.165) is 24.0 Å². The quantitative estimate of drug-likeness (QED) is 0.335. The van der Waals surface area contributed by atoms with Crippen molar-refractivity contribution in [1.82, 2.24) is 0 Å². The van der Waals surface area contributed by atoms with E-state index in [2.05, 4.69) is 10.7 Å². The molecule has 1 aromatic carbocycles. The Bertz CT molecular complexity index is 490. The number of esters is 1. The first kappa shape index (κ1) is 14.8. The Balaban J connectivity index is 2.54. The van der Waals surface area contributed by atoms with Crippen LogP contribution in [0.1, 0.15) is 24.8 Å². The molecule has 2 heteroatoms. The van der Waals surface area contributed by atoms with Gasteiger partial charge in [0.25, 0.3) is 0 Å². The number of rotatable bonds is 6. The minimum atomic E-state index is -0.171. The number of hydrogen-bond donors (Lipinski definition) is 0. The Hall–Kier alpha value is -2.27. The van der Waals surface area contributed by atoms with E-state index in [0.29, 0.717) is 6.42 Å². The van der Waals surface area contributed by atoms with Gasteiger partial charge in [-0.05, 0) is 30.1 Å². The van der Waals surface area contributed by atoms with Crippen molar-refractivity contribution in [3.8, 4) is 12.3 Å². The molecule has 0 heterocycles. The molecule has 0 saturated carbocycles. The maximum Gasteiger partial charge on any atom is 0.305 e. The van der Waals surface area contributed by atoms with Crippen molar-refractivity contribution in [2.75, 3.05) is 7.11 Å². The Morgan fingerprint density at radius 1 is 1.37 bits per heavy atom. The van der Waals surface area contributed by atoms with Gasteiger partial charge in [-0.15, -0.1) is 6.42 Å². The molecule has 0 fully saturated rings. The van der Waals surface area contributed by atoms with E-state index < -0.39 is 0 Å². The fraction of sp³-hybridized carbons (Fsp3) is 0.235. The molecule has 1 aromatic rings. The van der Waals surface area contributed by atoms with Crippen LogP contribution in [0.5, 0.6) is 0 Å². The fourth-order valence-corrected chi connectivity index (χ4v) is 1.62. The summed E-state index contributed by atoms with van der Waals surface area (Å²) in [6.45, 7) is 0. The van der Waals surface area contributed by atoms with Gasteiger partial charge in [0.15, 0.2) is 0 Å². The molecule has 0 bridgehead atoms. The zero-order valence-corrected chi connectivity index (χ0v) is 11.1. The van der Waals surface area contributed by atoms with Crippen LogP contribution in [0.25, 0.3) is 5.57 Å². The van der Waals surface area contributed by atoms with Gasteiger partial charge in [0, 0.05) is 6.42 Å². The Labute approximate surface area is 114 Å². The molecule has 1 rings (SSSR count). The standard InChI is InChI=1S/C17H18O2/c1-3-10-15(16-12-6-4-7-13-16)11-8-5-9-14-17(18)19-2/h1,4,6-8,10-13H,5,9,14H2,2H3/b11-8-,15-10+. The zero-order valence-electron chi connectivity index (χ0n) is 11.1. The number of carbonyl (C=O) groups excluding carboxylic acids is 1. The van der Waals surface area contributed by atoms with E-state index in [1.807, 2.05) is 42.5 Å². The first-order chi connectivity index (χ1) is 9.27. The largest absolute Gasteiger partial charge is 0.469 e.